The van der Waals surface area contributed by atoms with Crippen LogP contribution >= 0.6 is 0 Å². The number of aromatic amines is 1. The fraction of sp³-hybridized carbons (Fsp3) is 0.222. The Labute approximate surface area is 226 Å². The summed E-state index contributed by atoms with van der Waals surface area (Å²) < 4.78 is 44.9. The highest BCUT2D eigenvalue weighted by molar-refractivity contribution is 6.03. The van der Waals surface area contributed by atoms with Crippen molar-refractivity contribution in [2.45, 2.75) is 25.1 Å². The Hall–Kier alpha value is -4.94. The van der Waals surface area contributed by atoms with E-state index in [0.29, 0.717) is 41.4 Å². The van der Waals surface area contributed by atoms with Crippen LogP contribution in [0.3, 0.4) is 0 Å². The van der Waals surface area contributed by atoms with Gasteiger partial charge in [-0.1, -0.05) is 6.58 Å². The molecule has 0 unspecified atom stereocenters. The molecule has 5 rings (SSSR count). The van der Waals surface area contributed by atoms with Gasteiger partial charge in [0, 0.05) is 43.2 Å². The molecule has 1 aliphatic rings. The molecule has 1 saturated heterocycles. The maximum absolute atomic E-state index is 12.9. The van der Waals surface area contributed by atoms with Gasteiger partial charge in [0.05, 0.1) is 5.56 Å². The second-order valence-electron chi connectivity index (χ2n) is 9.08. The number of hydrogen-bond donors (Lipinski definition) is 3. The molecule has 1 aliphatic heterocycles. The van der Waals surface area contributed by atoms with Crippen molar-refractivity contribution in [3.8, 4) is 11.5 Å². The van der Waals surface area contributed by atoms with Gasteiger partial charge in [-0.15, -0.1) is 0 Å². The first-order chi connectivity index (χ1) is 19.2. The Morgan fingerprint density at radius 2 is 1.90 bits per heavy atom. The van der Waals surface area contributed by atoms with Crippen LogP contribution in [0.25, 0.3) is 11.0 Å². The van der Waals surface area contributed by atoms with Gasteiger partial charge in [-0.3, -0.25) is 14.7 Å². The van der Waals surface area contributed by atoms with Crippen LogP contribution in [0.5, 0.6) is 11.5 Å². The third-order valence-corrected chi connectivity index (χ3v) is 6.34. The summed E-state index contributed by atoms with van der Waals surface area (Å²) in [5.74, 6) is 0.444. The van der Waals surface area contributed by atoms with Crippen LogP contribution in [0.15, 0.2) is 67.5 Å². The van der Waals surface area contributed by atoms with Crippen LogP contribution in [0.1, 0.15) is 28.8 Å². The number of amides is 2. The van der Waals surface area contributed by atoms with Crippen molar-refractivity contribution in [1.82, 2.24) is 25.1 Å². The standard InChI is InChI=1S/C27H24F3N7O3/c1-2-22(38)37-13-3-4-18(15-37)33-25-23-20(10-12-32-24(23)35-36-25)40-19-7-5-16(6-8-19)26(39)34-21-14-17(9-11-31-21)27(28,29)30/h2,5-12,14,18H,1,3-4,13,15H2,(H,31,34,39)(H2,32,33,35,36)/t18-/m1/s1. The number of pyridine rings is 2. The monoisotopic (exact) mass is 551 g/mol. The van der Waals surface area contributed by atoms with Crippen LogP contribution in [0.2, 0.25) is 0 Å². The molecule has 4 heterocycles. The number of likely N-dealkylation sites (tertiary alicyclic amines) is 1. The highest BCUT2D eigenvalue weighted by Crippen LogP contribution is 2.34. The first kappa shape index (κ1) is 26.7. The maximum Gasteiger partial charge on any atom is 0.416 e. The van der Waals surface area contributed by atoms with E-state index in [0.717, 1.165) is 31.2 Å². The topological polar surface area (TPSA) is 125 Å². The first-order valence-electron chi connectivity index (χ1n) is 12.3. The molecule has 0 saturated carbocycles. The number of hydrogen-bond acceptors (Lipinski definition) is 7. The van der Waals surface area contributed by atoms with Gasteiger partial charge in [0.2, 0.25) is 5.91 Å². The highest BCUT2D eigenvalue weighted by atomic mass is 19.4. The summed E-state index contributed by atoms with van der Waals surface area (Å²) >= 11 is 0. The molecule has 206 valence electrons. The molecule has 1 fully saturated rings. The fourth-order valence-corrected chi connectivity index (χ4v) is 4.39. The number of H-pyrrole nitrogens is 1. The Morgan fingerprint density at radius 3 is 2.65 bits per heavy atom. The van der Waals surface area contributed by atoms with Crippen LogP contribution in [0.4, 0.5) is 24.8 Å². The predicted molar refractivity (Wildman–Crippen MR) is 141 cm³/mol. The number of nitrogens with one attached hydrogen (secondary N) is 3. The largest absolute Gasteiger partial charge is 0.456 e. The lowest BCUT2D eigenvalue weighted by atomic mass is 10.1. The molecule has 0 aliphatic carbocycles. The van der Waals surface area contributed by atoms with E-state index in [1.165, 1.54) is 18.2 Å². The molecule has 0 spiro atoms. The van der Waals surface area contributed by atoms with Crippen LogP contribution in [-0.2, 0) is 11.0 Å². The van der Waals surface area contributed by atoms with Crippen molar-refractivity contribution in [1.29, 1.82) is 0 Å². The number of alkyl halides is 3. The Bertz CT molecular complexity index is 1550. The van der Waals surface area contributed by atoms with Gasteiger partial charge in [-0.05, 0) is 55.3 Å². The summed E-state index contributed by atoms with van der Waals surface area (Å²) in [4.78, 5) is 34.4. The van der Waals surface area contributed by atoms with Gasteiger partial charge in [0.25, 0.3) is 5.91 Å². The summed E-state index contributed by atoms with van der Waals surface area (Å²) in [6.45, 7) is 4.74. The van der Waals surface area contributed by atoms with E-state index in [9.17, 15) is 22.8 Å². The summed E-state index contributed by atoms with van der Waals surface area (Å²) in [6, 6.07) is 9.34. The number of rotatable bonds is 7. The number of fused-ring (bicyclic) bond motifs is 1. The Morgan fingerprint density at radius 1 is 1.12 bits per heavy atom. The number of piperidine rings is 1. The van der Waals surface area contributed by atoms with E-state index in [1.807, 2.05) is 0 Å². The number of carbonyl (C=O) groups is 2. The molecule has 3 N–H and O–H groups in total. The highest BCUT2D eigenvalue weighted by Gasteiger charge is 2.31. The first-order valence-corrected chi connectivity index (χ1v) is 12.3. The van der Waals surface area contributed by atoms with E-state index >= 15 is 0 Å². The minimum absolute atomic E-state index is 0.0266. The van der Waals surface area contributed by atoms with Gasteiger partial charge < -0.3 is 20.3 Å². The molecule has 10 nitrogen and oxygen atoms in total. The lowest BCUT2D eigenvalue weighted by molar-refractivity contribution is -0.137. The van der Waals surface area contributed by atoms with Crippen molar-refractivity contribution in [2.24, 2.45) is 0 Å². The van der Waals surface area contributed by atoms with Gasteiger partial charge in [-0.2, -0.15) is 18.3 Å². The van der Waals surface area contributed by atoms with Crippen LogP contribution in [-0.4, -0.2) is 56.0 Å². The second-order valence-corrected chi connectivity index (χ2v) is 9.08. The number of aromatic nitrogens is 4. The van der Waals surface area contributed by atoms with Crippen molar-refractivity contribution in [3.63, 3.8) is 0 Å². The molecule has 0 radical (unpaired) electrons. The van der Waals surface area contributed by atoms with Gasteiger partial charge in [-0.25, -0.2) is 9.97 Å². The number of nitrogens with zero attached hydrogens (tertiary/aromatic N) is 4. The van der Waals surface area contributed by atoms with Crippen LogP contribution in [0, 0.1) is 0 Å². The normalized spacial score (nSPS) is 15.5. The molecule has 2 amide bonds. The number of carbonyl (C=O) groups excluding carboxylic acids is 2. The molecule has 4 aromatic rings. The van der Waals surface area contributed by atoms with Gasteiger partial charge in [0.1, 0.15) is 22.7 Å². The molecular weight excluding hydrogens is 527 g/mol. The SMILES string of the molecule is C=CC(=O)N1CCC[C@@H](Nc2n[nH]c3nccc(Oc4ccc(C(=O)Nc5cc(C(F)(F)F)ccn5)cc4)c23)C1. The minimum Gasteiger partial charge on any atom is -0.456 e. The summed E-state index contributed by atoms with van der Waals surface area (Å²) in [5, 5.41) is 13.6. The zero-order chi connectivity index (χ0) is 28.3. The number of ether oxygens (including phenoxy) is 1. The summed E-state index contributed by atoms with van der Waals surface area (Å²) in [5.41, 5.74) is -0.211. The average molecular weight is 552 g/mol. The van der Waals surface area contributed by atoms with Crippen molar-refractivity contribution < 1.29 is 27.5 Å². The van der Waals surface area contributed by atoms with E-state index in [2.05, 4.69) is 37.4 Å². The lowest BCUT2D eigenvalue weighted by Gasteiger charge is -2.32. The van der Waals surface area contributed by atoms with E-state index in [1.54, 1.807) is 29.3 Å². The second kappa shape index (κ2) is 11.0. The maximum atomic E-state index is 12.9. The Balaban J connectivity index is 1.29. The van der Waals surface area contributed by atoms with Crippen molar-refractivity contribution in [3.05, 3.63) is 78.6 Å². The average Bonchev–Trinajstić information content (AvgIpc) is 3.36. The van der Waals surface area contributed by atoms with Crippen molar-refractivity contribution >= 4 is 34.5 Å². The van der Waals surface area contributed by atoms with E-state index in [-0.39, 0.29) is 23.3 Å². The smallest absolute Gasteiger partial charge is 0.416 e. The number of halogens is 3. The van der Waals surface area contributed by atoms with Crippen LogP contribution < -0.4 is 15.4 Å². The minimum atomic E-state index is -4.55. The molecule has 1 aromatic carbocycles. The van der Waals surface area contributed by atoms with E-state index in [4.69, 9.17) is 4.74 Å². The molecule has 0 bridgehead atoms. The zero-order valence-corrected chi connectivity index (χ0v) is 21.0. The Kier molecular flexibility index (Phi) is 7.36. The van der Waals surface area contributed by atoms with Crippen molar-refractivity contribution in [2.75, 3.05) is 23.7 Å². The molecule has 40 heavy (non-hydrogen) atoms. The van der Waals surface area contributed by atoms with Gasteiger partial charge >= 0.3 is 6.18 Å². The molecular formula is C27H24F3N7O3. The third kappa shape index (κ3) is 5.87. The molecule has 1 atom stereocenters. The predicted octanol–water partition coefficient (Wildman–Crippen LogP) is 5.01. The lowest BCUT2D eigenvalue weighted by Crippen LogP contribution is -2.44. The zero-order valence-electron chi connectivity index (χ0n) is 21.0. The number of benzene rings is 1. The van der Waals surface area contributed by atoms with Gasteiger partial charge in [0.15, 0.2) is 11.5 Å². The number of anilines is 2. The van der Waals surface area contributed by atoms with E-state index < -0.39 is 17.6 Å². The molecule has 13 heteroatoms. The summed E-state index contributed by atoms with van der Waals surface area (Å²) in [6.07, 6.45) is 0.991. The summed E-state index contributed by atoms with van der Waals surface area (Å²) in [7, 11) is 0. The quantitative estimate of drug-likeness (QED) is 0.276. The third-order valence-electron chi connectivity index (χ3n) is 6.34. The fourth-order valence-electron chi connectivity index (χ4n) is 4.39. The molecule has 3 aromatic heterocycles.